The number of nitro benzene ring substituents is 1. The van der Waals surface area contributed by atoms with Crippen LogP contribution in [0.4, 0.5) is 11.4 Å². The number of nitro groups is 1. The number of amides is 1. The topological polar surface area (TPSA) is 76.3 Å². The van der Waals surface area contributed by atoms with Crippen LogP contribution in [0.2, 0.25) is 0 Å². The van der Waals surface area contributed by atoms with Gasteiger partial charge >= 0.3 is 0 Å². The summed E-state index contributed by atoms with van der Waals surface area (Å²) < 4.78 is 0. The molecular formula is C22H15N3O3S. The molecule has 3 heterocycles. The quantitative estimate of drug-likeness (QED) is 0.355. The molecular weight excluding hydrogens is 386 g/mol. The number of para-hydroxylation sites is 1. The van der Waals surface area contributed by atoms with Crippen LogP contribution in [-0.4, -0.2) is 22.4 Å². The lowest BCUT2D eigenvalue weighted by atomic mass is 10.1. The lowest BCUT2D eigenvalue weighted by Gasteiger charge is -2.19. The highest BCUT2D eigenvalue weighted by atomic mass is 32.1. The van der Waals surface area contributed by atoms with Gasteiger partial charge in [-0.15, -0.1) is 11.3 Å². The Morgan fingerprint density at radius 1 is 1.10 bits per heavy atom. The number of rotatable bonds is 3. The van der Waals surface area contributed by atoms with Gasteiger partial charge < -0.3 is 4.90 Å². The molecule has 0 fully saturated rings. The molecule has 1 aliphatic heterocycles. The number of carbonyl (C=O) groups is 1. The van der Waals surface area contributed by atoms with Gasteiger partial charge in [-0.25, -0.2) is 4.98 Å². The van der Waals surface area contributed by atoms with Gasteiger partial charge in [0.05, 0.1) is 32.3 Å². The van der Waals surface area contributed by atoms with Crippen molar-refractivity contribution in [3.8, 4) is 10.6 Å². The molecule has 0 aliphatic carbocycles. The van der Waals surface area contributed by atoms with Crippen molar-refractivity contribution in [2.45, 2.75) is 6.42 Å². The van der Waals surface area contributed by atoms with E-state index < -0.39 is 4.92 Å². The van der Waals surface area contributed by atoms with Crippen molar-refractivity contribution in [2.75, 3.05) is 11.4 Å². The largest absolute Gasteiger partial charge is 0.307 e. The van der Waals surface area contributed by atoms with Crippen LogP contribution in [0.15, 0.2) is 66.0 Å². The fraction of sp³-hybridized carbons (Fsp3) is 0.0909. The van der Waals surface area contributed by atoms with Crippen LogP contribution in [0.25, 0.3) is 21.5 Å². The van der Waals surface area contributed by atoms with Gasteiger partial charge in [-0.3, -0.25) is 14.9 Å². The van der Waals surface area contributed by atoms with Gasteiger partial charge in [-0.2, -0.15) is 0 Å². The van der Waals surface area contributed by atoms with E-state index in [0.29, 0.717) is 24.2 Å². The Labute approximate surface area is 170 Å². The summed E-state index contributed by atoms with van der Waals surface area (Å²) in [5.41, 5.74) is 3.60. The van der Waals surface area contributed by atoms with E-state index >= 15 is 0 Å². The molecule has 0 atom stereocenters. The molecule has 1 aliphatic rings. The molecule has 0 saturated carbocycles. The van der Waals surface area contributed by atoms with E-state index in [1.165, 1.54) is 12.1 Å². The molecule has 7 heteroatoms. The number of fused-ring (bicyclic) bond motifs is 2. The van der Waals surface area contributed by atoms with E-state index in [0.717, 1.165) is 27.0 Å². The molecule has 5 rings (SSSR count). The Bertz CT molecular complexity index is 1270. The lowest BCUT2D eigenvalue weighted by molar-refractivity contribution is -0.384. The van der Waals surface area contributed by atoms with Crippen molar-refractivity contribution in [3.63, 3.8) is 0 Å². The summed E-state index contributed by atoms with van der Waals surface area (Å²) in [4.78, 5) is 31.7. The number of pyridine rings is 1. The minimum absolute atomic E-state index is 0.0117. The highest BCUT2D eigenvalue weighted by Crippen LogP contribution is 2.35. The van der Waals surface area contributed by atoms with Crippen molar-refractivity contribution in [1.29, 1.82) is 0 Å². The summed E-state index contributed by atoms with van der Waals surface area (Å²) in [7, 11) is 0. The molecule has 0 saturated heterocycles. The minimum atomic E-state index is -0.433. The first kappa shape index (κ1) is 17.5. The fourth-order valence-corrected chi connectivity index (χ4v) is 4.43. The number of nitrogens with zero attached hydrogens (tertiary/aromatic N) is 3. The summed E-state index contributed by atoms with van der Waals surface area (Å²) in [5, 5.41) is 13.9. The third-order valence-corrected chi connectivity index (χ3v) is 6.03. The SMILES string of the molecule is O=C(c1cc(-c2cccs2)nc2ccccc12)N1CCc2ccc([N+](=O)[O-])cc21. The predicted octanol–water partition coefficient (Wildman–Crippen LogP) is 5.07. The Balaban J connectivity index is 1.65. The van der Waals surface area contributed by atoms with E-state index in [-0.39, 0.29) is 11.6 Å². The van der Waals surface area contributed by atoms with Crippen molar-refractivity contribution in [2.24, 2.45) is 0 Å². The Hall–Kier alpha value is -3.58. The molecule has 2 aromatic heterocycles. The summed E-state index contributed by atoms with van der Waals surface area (Å²) >= 11 is 1.57. The van der Waals surface area contributed by atoms with Crippen molar-refractivity contribution in [1.82, 2.24) is 4.98 Å². The number of carbonyl (C=O) groups excluding carboxylic acids is 1. The van der Waals surface area contributed by atoms with Crippen molar-refractivity contribution in [3.05, 3.63) is 87.3 Å². The standard InChI is InChI=1S/C22H15N3O3S/c26-22(24-10-9-14-7-8-15(25(27)28)12-20(14)24)17-13-19(21-6-3-11-29-21)23-18-5-2-1-4-16(17)18/h1-8,11-13H,9-10H2. The van der Waals surface area contributed by atoms with Gasteiger partial charge in [0, 0.05) is 24.1 Å². The smallest absolute Gasteiger partial charge is 0.271 e. The maximum atomic E-state index is 13.6. The monoisotopic (exact) mass is 401 g/mol. The van der Waals surface area contributed by atoms with Crippen LogP contribution in [0, 0.1) is 10.1 Å². The number of aromatic nitrogens is 1. The molecule has 142 valence electrons. The number of anilines is 1. The maximum absolute atomic E-state index is 13.6. The van der Waals surface area contributed by atoms with E-state index in [1.807, 2.05) is 47.8 Å². The van der Waals surface area contributed by atoms with Crippen LogP contribution >= 0.6 is 11.3 Å². The average molecular weight is 401 g/mol. The van der Waals surface area contributed by atoms with E-state index in [1.54, 1.807) is 22.3 Å². The highest BCUT2D eigenvalue weighted by molar-refractivity contribution is 7.13. The molecule has 0 radical (unpaired) electrons. The molecule has 0 N–H and O–H groups in total. The predicted molar refractivity (Wildman–Crippen MR) is 114 cm³/mol. The third-order valence-electron chi connectivity index (χ3n) is 5.14. The number of hydrogen-bond acceptors (Lipinski definition) is 5. The third kappa shape index (κ3) is 2.96. The summed E-state index contributed by atoms with van der Waals surface area (Å²) in [6.07, 6.45) is 0.680. The van der Waals surface area contributed by atoms with Gasteiger partial charge in [0.2, 0.25) is 0 Å². The highest BCUT2D eigenvalue weighted by Gasteiger charge is 2.29. The Morgan fingerprint density at radius 3 is 2.76 bits per heavy atom. The zero-order valence-electron chi connectivity index (χ0n) is 15.2. The summed E-state index contributed by atoms with van der Waals surface area (Å²) in [6.45, 7) is 0.500. The van der Waals surface area contributed by atoms with Gasteiger partial charge in [-0.05, 0) is 35.6 Å². The van der Waals surface area contributed by atoms with Crippen molar-refractivity contribution >= 4 is 39.5 Å². The molecule has 6 nitrogen and oxygen atoms in total. The van der Waals surface area contributed by atoms with Gasteiger partial charge in [-0.1, -0.05) is 30.3 Å². The van der Waals surface area contributed by atoms with Crippen molar-refractivity contribution < 1.29 is 9.72 Å². The van der Waals surface area contributed by atoms with Crippen LogP contribution in [0.5, 0.6) is 0 Å². The van der Waals surface area contributed by atoms with E-state index in [2.05, 4.69) is 0 Å². The first-order valence-electron chi connectivity index (χ1n) is 9.14. The maximum Gasteiger partial charge on any atom is 0.271 e. The normalized spacial score (nSPS) is 12.9. The molecule has 0 spiro atoms. The molecule has 0 unspecified atom stereocenters. The second-order valence-corrected chi connectivity index (χ2v) is 7.77. The van der Waals surface area contributed by atoms with E-state index in [9.17, 15) is 14.9 Å². The second-order valence-electron chi connectivity index (χ2n) is 6.83. The number of non-ortho nitro benzene ring substituents is 1. The summed E-state index contributed by atoms with van der Waals surface area (Å²) in [6, 6.07) is 18.0. The molecule has 29 heavy (non-hydrogen) atoms. The molecule has 0 bridgehead atoms. The number of benzene rings is 2. The summed E-state index contributed by atoms with van der Waals surface area (Å²) in [5.74, 6) is -0.166. The fourth-order valence-electron chi connectivity index (χ4n) is 3.74. The number of thiophene rings is 1. The number of hydrogen-bond donors (Lipinski definition) is 0. The lowest BCUT2D eigenvalue weighted by Crippen LogP contribution is -2.29. The van der Waals surface area contributed by atoms with E-state index in [4.69, 9.17) is 4.98 Å². The van der Waals surface area contributed by atoms with Crippen LogP contribution in [0.3, 0.4) is 0 Å². The zero-order valence-corrected chi connectivity index (χ0v) is 16.1. The van der Waals surface area contributed by atoms with Gasteiger partial charge in [0.25, 0.3) is 11.6 Å². The van der Waals surface area contributed by atoms with Crippen LogP contribution < -0.4 is 4.90 Å². The second kappa shape index (κ2) is 6.79. The minimum Gasteiger partial charge on any atom is -0.307 e. The van der Waals surface area contributed by atoms with Crippen LogP contribution in [-0.2, 0) is 6.42 Å². The molecule has 4 aromatic rings. The van der Waals surface area contributed by atoms with Crippen LogP contribution in [0.1, 0.15) is 15.9 Å². The van der Waals surface area contributed by atoms with Gasteiger partial charge in [0.15, 0.2) is 0 Å². The van der Waals surface area contributed by atoms with Gasteiger partial charge in [0.1, 0.15) is 0 Å². The average Bonchev–Trinajstić information content (AvgIpc) is 3.42. The molecule has 2 aromatic carbocycles. The first-order valence-corrected chi connectivity index (χ1v) is 10.0. The Kier molecular flexibility index (Phi) is 4.10. The zero-order chi connectivity index (χ0) is 20.0. The Morgan fingerprint density at radius 2 is 1.97 bits per heavy atom. The first-order chi connectivity index (χ1) is 14.1. The molecule has 1 amide bonds.